The Hall–Kier alpha value is -0.570. The molecule has 0 aliphatic heterocycles. The number of rotatable bonds is 2. The highest BCUT2D eigenvalue weighted by Crippen LogP contribution is 2.30. The fraction of sp³-hybridized carbons (Fsp3) is 0.917. The van der Waals surface area contributed by atoms with Gasteiger partial charge in [-0.25, -0.2) is 0 Å². The first-order chi connectivity index (χ1) is 6.79. The minimum Gasteiger partial charge on any atom is -0.461 e. The number of ether oxygens (including phenoxy) is 1. The van der Waals surface area contributed by atoms with Crippen LogP contribution in [-0.2, 0) is 9.53 Å². The van der Waals surface area contributed by atoms with Crippen LogP contribution in [0.3, 0.4) is 0 Å². The Balaban J connectivity index is 2.48. The number of hydrogen-bond acceptors (Lipinski definition) is 3. The average molecular weight is 213 g/mol. The Morgan fingerprint density at radius 1 is 1.20 bits per heavy atom. The lowest BCUT2D eigenvalue weighted by atomic mass is 9.82. The zero-order chi connectivity index (χ0) is 11.6. The van der Waals surface area contributed by atoms with Crippen molar-refractivity contribution < 1.29 is 9.53 Å². The molecule has 0 saturated heterocycles. The molecule has 0 spiro atoms. The van der Waals surface area contributed by atoms with Gasteiger partial charge < -0.3 is 10.5 Å². The van der Waals surface area contributed by atoms with Gasteiger partial charge in [-0.3, -0.25) is 4.79 Å². The Morgan fingerprint density at radius 2 is 1.67 bits per heavy atom. The summed E-state index contributed by atoms with van der Waals surface area (Å²) in [5.41, 5.74) is 4.82. The van der Waals surface area contributed by atoms with Gasteiger partial charge in [-0.15, -0.1) is 0 Å². The van der Waals surface area contributed by atoms with Crippen LogP contribution in [0.15, 0.2) is 0 Å². The summed E-state index contributed by atoms with van der Waals surface area (Å²) in [7, 11) is 0. The number of esters is 1. The average Bonchev–Trinajstić information content (AvgIpc) is 1.99. The van der Waals surface area contributed by atoms with E-state index in [1.54, 1.807) is 13.8 Å². The van der Waals surface area contributed by atoms with E-state index in [9.17, 15) is 4.79 Å². The standard InChI is InChI=1S/C12H23NO2/c1-8-5-9(2)7-10(6-8)15-11(14)12(3,4)13/h8-10H,5-7,13H2,1-4H3. The molecule has 15 heavy (non-hydrogen) atoms. The van der Waals surface area contributed by atoms with Crippen LogP contribution in [0.1, 0.15) is 47.0 Å². The fourth-order valence-corrected chi connectivity index (χ4v) is 2.27. The third kappa shape index (κ3) is 3.82. The molecule has 0 bridgehead atoms. The number of nitrogens with two attached hydrogens (primary N) is 1. The summed E-state index contributed by atoms with van der Waals surface area (Å²) in [6.07, 6.45) is 3.26. The Labute approximate surface area is 92.4 Å². The van der Waals surface area contributed by atoms with E-state index in [2.05, 4.69) is 13.8 Å². The van der Waals surface area contributed by atoms with Gasteiger partial charge in [0.1, 0.15) is 11.6 Å². The maximum absolute atomic E-state index is 11.6. The zero-order valence-electron chi connectivity index (χ0n) is 10.2. The van der Waals surface area contributed by atoms with Crippen LogP contribution >= 0.6 is 0 Å². The van der Waals surface area contributed by atoms with Crippen molar-refractivity contribution in [2.24, 2.45) is 17.6 Å². The lowest BCUT2D eigenvalue weighted by Crippen LogP contribution is -2.45. The van der Waals surface area contributed by atoms with Crippen LogP contribution in [0.25, 0.3) is 0 Å². The number of hydrogen-bond donors (Lipinski definition) is 1. The Bertz CT molecular complexity index is 222. The van der Waals surface area contributed by atoms with Crippen LogP contribution in [0.2, 0.25) is 0 Å². The van der Waals surface area contributed by atoms with Crippen molar-refractivity contribution in [2.45, 2.75) is 58.6 Å². The molecule has 3 heteroatoms. The van der Waals surface area contributed by atoms with Crippen molar-refractivity contribution in [1.29, 1.82) is 0 Å². The minimum atomic E-state index is -0.871. The molecule has 1 fully saturated rings. The van der Waals surface area contributed by atoms with Gasteiger partial charge >= 0.3 is 5.97 Å². The normalized spacial score (nSPS) is 32.5. The summed E-state index contributed by atoms with van der Waals surface area (Å²) in [5, 5.41) is 0. The van der Waals surface area contributed by atoms with E-state index in [1.807, 2.05) is 0 Å². The first-order valence-corrected chi connectivity index (χ1v) is 5.79. The van der Waals surface area contributed by atoms with Gasteiger partial charge in [0.25, 0.3) is 0 Å². The maximum Gasteiger partial charge on any atom is 0.325 e. The van der Waals surface area contributed by atoms with E-state index in [4.69, 9.17) is 10.5 Å². The van der Waals surface area contributed by atoms with Gasteiger partial charge in [-0.2, -0.15) is 0 Å². The van der Waals surface area contributed by atoms with E-state index in [0.717, 1.165) is 12.8 Å². The second kappa shape index (κ2) is 4.52. The SMILES string of the molecule is CC1CC(C)CC(OC(=O)C(C)(C)N)C1. The van der Waals surface area contributed by atoms with Crippen molar-refractivity contribution in [3.63, 3.8) is 0 Å². The summed E-state index contributed by atoms with van der Waals surface area (Å²) in [6.45, 7) is 7.80. The predicted molar refractivity (Wildman–Crippen MR) is 60.3 cm³/mol. The quantitative estimate of drug-likeness (QED) is 0.715. The topological polar surface area (TPSA) is 52.3 Å². The molecular formula is C12H23NO2. The molecule has 2 N–H and O–H groups in total. The highest BCUT2D eigenvalue weighted by Gasteiger charge is 2.31. The molecule has 88 valence electrons. The largest absolute Gasteiger partial charge is 0.461 e. The zero-order valence-corrected chi connectivity index (χ0v) is 10.2. The van der Waals surface area contributed by atoms with Gasteiger partial charge in [0.2, 0.25) is 0 Å². The highest BCUT2D eigenvalue weighted by atomic mass is 16.5. The van der Waals surface area contributed by atoms with Crippen molar-refractivity contribution >= 4 is 5.97 Å². The van der Waals surface area contributed by atoms with E-state index in [-0.39, 0.29) is 12.1 Å². The summed E-state index contributed by atoms with van der Waals surface area (Å²) in [5.74, 6) is 1.01. The summed E-state index contributed by atoms with van der Waals surface area (Å²) >= 11 is 0. The lowest BCUT2D eigenvalue weighted by molar-refractivity contribution is -0.157. The molecule has 0 heterocycles. The number of carbonyl (C=O) groups is 1. The van der Waals surface area contributed by atoms with E-state index < -0.39 is 5.54 Å². The van der Waals surface area contributed by atoms with Crippen molar-refractivity contribution in [2.75, 3.05) is 0 Å². The minimum absolute atomic E-state index is 0.0686. The molecule has 1 rings (SSSR count). The van der Waals surface area contributed by atoms with Crippen LogP contribution < -0.4 is 5.73 Å². The van der Waals surface area contributed by atoms with Gasteiger partial charge in [0, 0.05) is 0 Å². The van der Waals surface area contributed by atoms with E-state index in [0.29, 0.717) is 11.8 Å². The molecule has 0 radical (unpaired) electrons. The van der Waals surface area contributed by atoms with Crippen LogP contribution in [0.4, 0.5) is 0 Å². The van der Waals surface area contributed by atoms with Crippen LogP contribution in [-0.4, -0.2) is 17.6 Å². The molecule has 1 saturated carbocycles. The maximum atomic E-state index is 11.6. The van der Waals surface area contributed by atoms with Crippen LogP contribution in [0.5, 0.6) is 0 Å². The monoisotopic (exact) mass is 213 g/mol. The van der Waals surface area contributed by atoms with Gasteiger partial charge in [-0.05, 0) is 44.9 Å². The molecule has 2 atom stereocenters. The fourth-order valence-electron chi connectivity index (χ4n) is 2.27. The third-order valence-corrected chi connectivity index (χ3v) is 2.94. The van der Waals surface area contributed by atoms with Crippen LogP contribution in [0, 0.1) is 11.8 Å². The molecule has 2 unspecified atom stereocenters. The smallest absolute Gasteiger partial charge is 0.325 e. The van der Waals surface area contributed by atoms with Gasteiger partial charge in [0.05, 0.1) is 0 Å². The number of carbonyl (C=O) groups excluding carboxylic acids is 1. The lowest BCUT2D eigenvalue weighted by Gasteiger charge is -2.32. The molecule has 3 nitrogen and oxygen atoms in total. The third-order valence-electron chi connectivity index (χ3n) is 2.94. The molecule has 0 aromatic heterocycles. The first-order valence-electron chi connectivity index (χ1n) is 5.79. The van der Waals surface area contributed by atoms with Crippen molar-refractivity contribution in [3.8, 4) is 0 Å². The predicted octanol–water partition coefficient (Wildman–Crippen LogP) is 2.09. The van der Waals surface area contributed by atoms with Crippen molar-refractivity contribution in [1.82, 2.24) is 0 Å². The Morgan fingerprint density at radius 3 is 2.07 bits per heavy atom. The van der Waals surface area contributed by atoms with Gasteiger partial charge in [0.15, 0.2) is 0 Å². The molecule has 0 amide bonds. The first kappa shape index (κ1) is 12.5. The molecule has 0 aromatic rings. The highest BCUT2D eigenvalue weighted by molar-refractivity contribution is 5.79. The second-order valence-electron chi connectivity index (χ2n) is 5.67. The molecule has 0 aromatic carbocycles. The summed E-state index contributed by atoms with van der Waals surface area (Å²) in [4.78, 5) is 11.6. The molecule has 1 aliphatic carbocycles. The second-order valence-corrected chi connectivity index (χ2v) is 5.67. The van der Waals surface area contributed by atoms with Gasteiger partial charge in [-0.1, -0.05) is 13.8 Å². The Kier molecular flexibility index (Phi) is 3.77. The molecule has 1 aliphatic rings. The molecular weight excluding hydrogens is 190 g/mol. The van der Waals surface area contributed by atoms with E-state index in [1.165, 1.54) is 6.42 Å². The summed E-state index contributed by atoms with van der Waals surface area (Å²) < 4.78 is 5.43. The van der Waals surface area contributed by atoms with E-state index >= 15 is 0 Å². The summed E-state index contributed by atoms with van der Waals surface area (Å²) in [6, 6.07) is 0. The van der Waals surface area contributed by atoms with Crippen molar-refractivity contribution in [3.05, 3.63) is 0 Å².